The van der Waals surface area contributed by atoms with Gasteiger partial charge in [-0.15, -0.1) is 0 Å². The molecule has 7 heteroatoms. The van der Waals surface area contributed by atoms with Crippen LogP contribution in [0.2, 0.25) is 0 Å². The SMILES string of the molecule is CCOc1c(Br)cc(C(=O)Nc2cccnc2Oc2ccccc2)cc1OC. The molecule has 1 heterocycles. The van der Waals surface area contributed by atoms with E-state index in [-0.39, 0.29) is 5.91 Å². The number of pyridine rings is 1. The number of amides is 1. The summed E-state index contributed by atoms with van der Waals surface area (Å²) in [5.74, 6) is 1.62. The Bertz CT molecular complexity index is 964. The van der Waals surface area contributed by atoms with Gasteiger partial charge in [0, 0.05) is 11.8 Å². The zero-order valence-electron chi connectivity index (χ0n) is 15.4. The molecule has 28 heavy (non-hydrogen) atoms. The molecule has 3 aromatic rings. The summed E-state index contributed by atoms with van der Waals surface area (Å²) in [4.78, 5) is 17.0. The van der Waals surface area contributed by atoms with Crippen molar-refractivity contribution in [1.82, 2.24) is 4.98 Å². The maximum atomic E-state index is 12.8. The van der Waals surface area contributed by atoms with Gasteiger partial charge >= 0.3 is 0 Å². The second-order valence-electron chi connectivity index (χ2n) is 5.65. The summed E-state index contributed by atoms with van der Waals surface area (Å²) in [6, 6.07) is 16.0. The molecule has 2 aromatic carbocycles. The van der Waals surface area contributed by atoms with E-state index in [2.05, 4.69) is 26.2 Å². The van der Waals surface area contributed by atoms with Gasteiger partial charge in [-0.3, -0.25) is 4.79 Å². The van der Waals surface area contributed by atoms with Crippen molar-refractivity contribution in [3.63, 3.8) is 0 Å². The Morgan fingerprint density at radius 2 is 1.93 bits per heavy atom. The molecule has 0 spiro atoms. The molecule has 0 aliphatic rings. The van der Waals surface area contributed by atoms with Crippen LogP contribution < -0.4 is 19.5 Å². The van der Waals surface area contributed by atoms with Gasteiger partial charge in [0.05, 0.1) is 18.2 Å². The zero-order valence-corrected chi connectivity index (χ0v) is 17.0. The minimum Gasteiger partial charge on any atom is -0.493 e. The number of ether oxygens (including phenoxy) is 3. The highest BCUT2D eigenvalue weighted by Gasteiger charge is 2.17. The van der Waals surface area contributed by atoms with E-state index < -0.39 is 0 Å². The van der Waals surface area contributed by atoms with Crippen LogP contribution in [0.3, 0.4) is 0 Å². The summed E-state index contributed by atoms with van der Waals surface area (Å²) >= 11 is 3.43. The van der Waals surface area contributed by atoms with Crippen LogP contribution in [0.1, 0.15) is 17.3 Å². The maximum Gasteiger partial charge on any atom is 0.255 e. The molecule has 0 aliphatic carbocycles. The average Bonchev–Trinajstić information content (AvgIpc) is 2.71. The Balaban J connectivity index is 1.85. The first kappa shape index (κ1) is 19.7. The molecule has 3 rings (SSSR count). The lowest BCUT2D eigenvalue weighted by molar-refractivity contribution is 0.102. The monoisotopic (exact) mass is 442 g/mol. The first-order valence-electron chi connectivity index (χ1n) is 8.62. The molecule has 0 fully saturated rings. The Morgan fingerprint density at radius 3 is 2.64 bits per heavy atom. The van der Waals surface area contributed by atoms with Gasteiger partial charge in [0.15, 0.2) is 11.5 Å². The molecular weight excluding hydrogens is 424 g/mol. The Kier molecular flexibility index (Phi) is 6.49. The van der Waals surface area contributed by atoms with Crippen molar-refractivity contribution in [3.05, 3.63) is 70.8 Å². The van der Waals surface area contributed by atoms with Crippen LogP contribution >= 0.6 is 15.9 Å². The molecule has 6 nitrogen and oxygen atoms in total. The summed E-state index contributed by atoms with van der Waals surface area (Å²) in [5, 5.41) is 2.83. The van der Waals surface area contributed by atoms with Crippen molar-refractivity contribution in [2.24, 2.45) is 0 Å². The number of carbonyl (C=O) groups is 1. The topological polar surface area (TPSA) is 69.7 Å². The summed E-state index contributed by atoms with van der Waals surface area (Å²) in [7, 11) is 1.53. The maximum absolute atomic E-state index is 12.8. The van der Waals surface area contributed by atoms with Gasteiger partial charge in [0.1, 0.15) is 11.4 Å². The number of halogens is 1. The highest BCUT2D eigenvalue weighted by molar-refractivity contribution is 9.10. The van der Waals surface area contributed by atoms with E-state index in [4.69, 9.17) is 14.2 Å². The van der Waals surface area contributed by atoms with Crippen molar-refractivity contribution in [1.29, 1.82) is 0 Å². The molecule has 144 valence electrons. The number of rotatable bonds is 7. The molecule has 0 bridgehead atoms. The third-order valence-corrected chi connectivity index (χ3v) is 4.35. The summed E-state index contributed by atoms with van der Waals surface area (Å²) in [6.45, 7) is 2.36. The minimum atomic E-state index is -0.326. The van der Waals surface area contributed by atoms with E-state index in [1.807, 2.05) is 37.3 Å². The molecule has 0 radical (unpaired) electrons. The van der Waals surface area contributed by atoms with Crippen LogP contribution in [0.5, 0.6) is 23.1 Å². The largest absolute Gasteiger partial charge is 0.493 e. The molecule has 0 aliphatic heterocycles. The molecule has 0 unspecified atom stereocenters. The predicted molar refractivity (Wildman–Crippen MR) is 111 cm³/mol. The van der Waals surface area contributed by atoms with Gasteiger partial charge in [0.2, 0.25) is 5.88 Å². The van der Waals surface area contributed by atoms with E-state index in [1.54, 1.807) is 30.5 Å². The van der Waals surface area contributed by atoms with Gasteiger partial charge in [-0.1, -0.05) is 18.2 Å². The number of anilines is 1. The van der Waals surface area contributed by atoms with Crippen LogP contribution in [0, 0.1) is 0 Å². The van der Waals surface area contributed by atoms with Gasteiger partial charge in [0.25, 0.3) is 5.91 Å². The summed E-state index contributed by atoms with van der Waals surface area (Å²) in [5.41, 5.74) is 0.863. The quantitative estimate of drug-likeness (QED) is 0.537. The Labute approximate surface area is 171 Å². The Morgan fingerprint density at radius 1 is 1.14 bits per heavy atom. The number of carbonyl (C=O) groups excluding carboxylic acids is 1. The van der Waals surface area contributed by atoms with E-state index in [9.17, 15) is 4.79 Å². The first-order valence-corrected chi connectivity index (χ1v) is 9.41. The number of methoxy groups -OCH3 is 1. The number of nitrogens with zero attached hydrogens (tertiary/aromatic N) is 1. The molecule has 1 N–H and O–H groups in total. The molecule has 0 atom stereocenters. The van der Waals surface area contributed by atoms with Crippen molar-refractivity contribution >= 4 is 27.5 Å². The van der Waals surface area contributed by atoms with Crippen LogP contribution in [0.4, 0.5) is 5.69 Å². The van der Waals surface area contributed by atoms with Crippen LogP contribution in [-0.4, -0.2) is 24.6 Å². The number of hydrogen-bond donors (Lipinski definition) is 1. The molecule has 1 amide bonds. The normalized spacial score (nSPS) is 10.2. The summed E-state index contributed by atoms with van der Waals surface area (Å²) < 4.78 is 17.3. The lowest BCUT2D eigenvalue weighted by Gasteiger charge is -2.14. The van der Waals surface area contributed by atoms with E-state index in [0.717, 1.165) is 0 Å². The molecule has 0 saturated carbocycles. The Hall–Kier alpha value is -3.06. The first-order chi connectivity index (χ1) is 13.6. The number of para-hydroxylation sites is 1. The second-order valence-corrected chi connectivity index (χ2v) is 6.50. The van der Waals surface area contributed by atoms with Crippen molar-refractivity contribution in [3.8, 4) is 23.1 Å². The standard InChI is InChI=1S/C21H19BrN2O4/c1-3-27-19-16(22)12-14(13-18(19)26-2)20(25)24-17-10-7-11-23-21(17)28-15-8-5-4-6-9-15/h4-13H,3H2,1-2H3,(H,24,25). The number of benzene rings is 2. The van der Waals surface area contributed by atoms with Gasteiger partial charge in [-0.2, -0.15) is 0 Å². The van der Waals surface area contributed by atoms with Gasteiger partial charge in [-0.05, 0) is 59.3 Å². The molecule has 1 aromatic heterocycles. The fraction of sp³-hybridized carbons (Fsp3) is 0.143. The lowest BCUT2D eigenvalue weighted by Crippen LogP contribution is -2.13. The molecular formula is C21H19BrN2O4. The highest BCUT2D eigenvalue weighted by Crippen LogP contribution is 2.37. The van der Waals surface area contributed by atoms with Crippen LogP contribution in [-0.2, 0) is 0 Å². The lowest BCUT2D eigenvalue weighted by atomic mass is 10.2. The number of nitrogens with one attached hydrogen (secondary N) is 1. The van der Waals surface area contributed by atoms with E-state index >= 15 is 0 Å². The molecule has 0 saturated heterocycles. The highest BCUT2D eigenvalue weighted by atomic mass is 79.9. The minimum absolute atomic E-state index is 0.305. The smallest absolute Gasteiger partial charge is 0.255 e. The number of hydrogen-bond acceptors (Lipinski definition) is 5. The van der Waals surface area contributed by atoms with Crippen molar-refractivity contribution in [2.75, 3.05) is 19.0 Å². The second kappa shape index (κ2) is 9.23. The van der Waals surface area contributed by atoms with E-state index in [0.29, 0.717) is 45.5 Å². The average molecular weight is 443 g/mol. The van der Waals surface area contributed by atoms with Gasteiger partial charge < -0.3 is 19.5 Å². The third-order valence-electron chi connectivity index (χ3n) is 3.76. The van der Waals surface area contributed by atoms with Crippen molar-refractivity contribution in [2.45, 2.75) is 6.92 Å². The third kappa shape index (κ3) is 4.61. The van der Waals surface area contributed by atoms with Crippen LogP contribution in [0.25, 0.3) is 0 Å². The van der Waals surface area contributed by atoms with Crippen molar-refractivity contribution < 1.29 is 19.0 Å². The fourth-order valence-electron chi connectivity index (χ4n) is 2.50. The zero-order chi connectivity index (χ0) is 19.9. The summed E-state index contributed by atoms with van der Waals surface area (Å²) in [6.07, 6.45) is 1.60. The van der Waals surface area contributed by atoms with Gasteiger partial charge in [-0.25, -0.2) is 4.98 Å². The van der Waals surface area contributed by atoms with Crippen LogP contribution in [0.15, 0.2) is 65.3 Å². The van der Waals surface area contributed by atoms with E-state index in [1.165, 1.54) is 7.11 Å². The predicted octanol–water partition coefficient (Wildman–Crippen LogP) is 5.30. The number of aromatic nitrogens is 1. The fourth-order valence-corrected chi connectivity index (χ4v) is 3.05.